The van der Waals surface area contributed by atoms with Crippen LogP contribution < -0.4 is 14.8 Å². The summed E-state index contributed by atoms with van der Waals surface area (Å²) >= 11 is 0. The summed E-state index contributed by atoms with van der Waals surface area (Å²) in [4.78, 5) is 16.7. The van der Waals surface area contributed by atoms with Crippen LogP contribution in [-0.2, 0) is 0 Å². The molecule has 21 heavy (non-hydrogen) atoms. The van der Waals surface area contributed by atoms with Crippen LogP contribution in [0.4, 0.5) is 5.69 Å². The highest BCUT2D eigenvalue weighted by molar-refractivity contribution is 6.06. The molecule has 110 valence electrons. The number of anilines is 1. The van der Waals surface area contributed by atoms with Gasteiger partial charge in [0.25, 0.3) is 5.91 Å². The van der Waals surface area contributed by atoms with Gasteiger partial charge >= 0.3 is 0 Å². The Labute approximate surface area is 123 Å². The average Bonchev–Trinajstić information content (AvgIpc) is 2.50. The van der Waals surface area contributed by atoms with Crippen LogP contribution >= 0.6 is 0 Å². The normalized spacial score (nSPS) is 10.1. The Morgan fingerprint density at radius 3 is 2.52 bits per heavy atom. The number of aryl methyl sites for hydroxylation is 2. The molecule has 0 aliphatic carbocycles. The van der Waals surface area contributed by atoms with E-state index in [2.05, 4.69) is 10.3 Å². The highest BCUT2D eigenvalue weighted by Gasteiger charge is 2.15. The van der Waals surface area contributed by atoms with Crippen LogP contribution in [0.3, 0.4) is 0 Å². The summed E-state index contributed by atoms with van der Waals surface area (Å²) in [7, 11) is 3.06. The molecule has 5 heteroatoms. The van der Waals surface area contributed by atoms with Crippen molar-refractivity contribution in [2.24, 2.45) is 0 Å². The number of ether oxygens (including phenoxy) is 2. The maximum absolute atomic E-state index is 12.4. The summed E-state index contributed by atoms with van der Waals surface area (Å²) in [5, 5.41) is 2.81. The molecule has 0 saturated heterocycles. The standard InChI is InChI=1S/C16H18N2O3/c1-10-9-13(16(21-4)17-11(10)2)18-15(19)12-7-5-6-8-14(12)20-3/h5-9H,1-4H3,(H,18,19). The molecule has 1 aromatic carbocycles. The summed E-state index contributed by atoms with van der Waals surface area (Å²) in [6.07, 6.45) is 0. The molecular formula is C16H18N2O3. The minimum absolute atomic E-state index is 0.268. The van der Waals surface area contributed by atoms with Crippen LogP contribution in [0.1, 0.15) is 21.6 Å². The molecule has 0 radical (unpaired) electrons. The van der Waals surface area contributed by atoms with E-state index in [4.69, 9.17) is 9.47 Å². The van der Waals surface area contributed by atoms with Gasteiger partial charge in [-0.3, -0.25) is 4.79 Å². The number of benzene rings is 1. The zero-order valence-electron chi connectivity index (χ0n) is 12.6. The SMILES string of the molecule is COc1ccccc1C(=O)Nc1cc(C)c(C)nc1OC. The first kappa shape index (κ1) is 14.8. The summed E-state index contributed by atoms with van der Waals surface area (Å²) in [6, 6.07) is 8.88. The first-order valence-electron chi connectivity index (χ1n) is 6.53. The maximum atomic E-state index is 12.4. The van der Waals surface area contributed by atoms with E-state index in [1.54, 1.807) is 18.2 Å². The van der Waals surface area contributed by atoms with Crippen molar-refractivity contribution in [3.05, 3.63) is 47.2 Å². The van der Waals surface area contributed by atoms with Gasteiger partial charge in [-0.2, -0.15) is 0 Å². The third kappa shape index (κ3) is 3.13. The van der Waals surface area contributed by atoms with Crippen molar-refractivity contribution in [3.63, 3.8) is 0 Å². The second-order valence-corrected chi connectivity index (χ2v) is 4.60. The average molecular weight is 286 g/mol. The smallest absolute Gasteiger partial charge is 0.259 e. The first-order valence-corrected chi connectivity index (χ1v) is 6.53. The molecule has 0 aliphatic heterocycles. The lowest BCUT2D eigenvalue weighted by atomic mass is 10.1. The van der Waals surface area contributed by atoms with Gasteiger partial charge in [0.1, 0.15) is 11.4 Å². The maximum Gasteiger partial charge on any atom is 0.259 e. The van der Waals surface area contributed by atoms with Gasteiger partial charge in [-0.15, -0.1) is 0 Å². The van der Waals surface area contributed by atoms with Gasteiger partial charge in [-0.1, -0.05) is 12.1 Å². The fourth-order valence-corrected chi connectivity index (χ4v) is 1.95. The fraction of sp³-hybridized carbons (Fsp3) is 0.250. The van der Waals surface area contributed by atoms with Crippen molar-refractivity contribution in [3.8, 4) is 11.6 Å². The van der Waals surface area contributed by atoms with Crippen molar-refractivity contribution in [1.29, 1.82) is 0 Å². The third-order valence-corrected chi connectivity index (χ3v) is 3.22. The highest BCUT2D eigenvalue weighted by atomic mass is 16.5. The van der Waals surface area contributed by atoms with Gasteiger partial charge < -0.3 is 14.8 Å². The molecule has 0 unspecified atom stereocenters. The van der Waals surface area contributed by atoms with E-state index in [-0.39, 0.29) is 5.91 Å². The highest BCUT2D eigenvalue weighted by Crippen LogP contribution is 2.26. The zero-order valence-corrected chi connectivity index (χ0v) is 12.6. The minimum Gasteiger partial charge on any atom is -0.496 e. The van der Waals surface area contributed by atoms with Crippen LogP contribution in [0.25, 0.3) is 0 Å². The number of amides is 1. The lowest BCUT2D eigenvalue weighted by Crippen LogP contribution is -2.14. The molecule has 0 saturated carbocycles. The number of hydrogen-bond donors (Lipinski definition) is 1. The Bertz CT molecular complexity index is 669. The number of aromatic nitrogens is 1. The van der Waals surface area contributed by atoms with Crippen molar-refractivity contribution in [2.45, 2.75) is 13.8 Å². The number of nitrogens with one attached hydrogen (secondary N) is 1. The molecule has 1 heterocycles. The van der Waals surface area contributed by atoms with Gasteiger partial charge in [0.05, 0.1) is 19.8 Å². The Kier molecular flexibility index (Phi) is 4.42. The van der Waals surface area contributed by atoms with Gasteiger partial charge in [0.2, 0.25) is 5.88 Å². The van der Waals surface area contributed by atoms with Crippen molar-refractivity contribution < 1.29 is 14.3 Å². The van der Waals surface area contributed by atoms with Crippen LogP contribution in [0.2, 0.25) is 0 Å². The fourth-order valence-electron chi connectivity index (χ4n) is 1.95. The van der Waals surface area contributed by atoms with Gasteiger partial charge in [0.15, 0.2) is 0 Å². The minimum atomic E-state index is -0.268. The molecule has 0 fully saturated rings. The molecule has 2 rings (SSSR count). The Morgan fingerprint density at radius 1 is 1.14 bits per heavy atom. The summed E-state index contributed by atoms with van der Waals surface area (Å²) in [6.45, 7) is 3.82. The van der Waals surface area contributed by atoms with Crippen molar-refractivity contribution in [1.82, 2.24) is 4.98 Å². The Morgan fingerprint density at radius 2 is 1.86 bits per heavy atom. The van der Waals surface area contributed by atoms with E-state index >= 15 is 0 Å². The second kappa shape index (κ2) is 6.26. The lowest BCUT2D eigenvalue weighted by molar-refractivity contribution is 0.102. The number of carbonyl (C=O) groups is 1. The largest absolute Gasteiger partial charge is 0.496 e. The number of nitrogens with zero attached hydrogens (tertiary/aromatic N) is 1. The third-order valence-electron chi connectivity index (χ3n) is 3.22. The Balaban J connectivity index is 2.33. The molecule has 2 aromatic rings. The zero-order chi connectivity index (χ0) is 15.4. The summed E-state index contributed by atoms with van der Waals surface area (Å²) in [5.74, 6) is 0.642. The second-order valence-electron chi connectivity index (χ2n) is 4.60. The predicted octanol–water partition coefficient (Wildman–Crippen LogP) is 2.97. The molecule has 0 atom stereocenters. The van der Waals surface area contributed by atoms with Gasteiger partial charge in [-0.05, 0) is 37.6 Å². The molecule has 0 bridgehead atoms. The van der Waals surface area contributed by atoms with Crippen molar-refractivity contribution >= 4 is 11.6 Å². The molecule has 5 nitrogen and oxygen atoms in total. The van der Waals surface area contributed by atoms with E-state index in [0.29, 0.717) is 22.9 Å². The first-order chi connectivity index (χ1) is 10.1. The molecular weight excluding hydrogens is 268 g/mol. The van der Waals surface area contributed by atoms with Crippen LogP contribution in [0, 0.1) is 13.8 Å². The van der Waals surface area contributed by atoms with E-state index in [0.717, 1.165) is 11.3 Å². The molecule has 1 N–H and O–H groups in total. The van der Waals surface area contributed by atoms with Crippen LogP contribution in [0.15, 0.2) is 30.3 Å². The number of carbonyl (C=O) groups excluding carboxylic acids is 1. The number of para-hydroxylation sites is 1. The molecule has 0 spiro atoms. The number of methoxy groups -OCH3 is 2. The monoisotopic (exact) mass is 286 g/mol. The van der Waals surface area contributed by atoms with E-state index < -0.39 is 0 Å². The van der Waals surface area contributed by atoms with E-state index in [1.807, 2.05) is 26.0 Å². The van der Waals surface area contributed by atoms with E-state index in [9.17, 15) is 4.79 Å². The molecule has 1 aromatic heterocycles. The predicted molar refractivity (Wildman–Crippen MR) is 81.2 cm³/mol. The Hall–Kier alpha value is -2.56. The number of pyridine rings is 1. The van der Waals surface area contributed by atoms with Crippen molar-refractivity contribution in [2.75, 3.05) is 19.5 Å². The quantitative estimate of drug-likeness (QED) is 0.938. The van der Waals surface area contributed by atoms with Gasteiger partial charge in [-0.25, -0.2) is 4.98 Å². The molecule has 1 amide bonds. The topological polar surface area (TPSA) is 60.5 Å². The van der Waals surface area contributed by atoms with Gasteiger partial charge in [0, 0.05) is 5.69 Å². The number of hydrogen-bond acceptors (Lipinski definition) is 4. The van der Waals surface area contributed by atoms with Crippen LogP contribution in [0.5, 0.6) is 11.6 Å². The van der Waals surface area contributed by atoms with Crippen LogP contribution in [-0.4, -0.2) is 25.1 Å². The summed E-state index contributed by atoms with van der Waals surface area (Å²) in [5.41, 5.74) is 2.84. The lowest BCUT2D eigenvalue weighted by Gasteiger charge is -2.13. The number of rotatable bonds is 4. The molecule has 0 aliphatic rings. The summed E-state index contributed by atoms with van der Waals surface area (Å²) < 4.78 is 10.4. The van der Waals surface area contributed by atoms with E-state index in [1.165, 1.54) is 14.2 Å².